The van der Waals surface area contributed by atoms with Crippen LogP contribution in [0.2, 0.25) is 0 Å². The number of rotatable bonds is 2. The highest BCUT2D eigenvalue weighted by molar-refractivity contribution is 5.75. The lowest BCUT2D eigenvalue weighted by Gasteiger charge is -2.75. The first-order valence-corrected chi connectivity index (χ1v) is 12.4. The zero-order chi connectivity index (χ0) is 23.8. The fourth-order valence-corrected chi connectivity index (χ4v) is 9.01. The molecular formula is C27H37NO5. The van der Waals surface area contributed by atoms with Gasteiger partial charge in [-0.3, -0.25) is 4.79 Å². The Bertz CT molecular complexity index is 1060. The molecule has 4 aliphatic carbocycles. The largest absolute Gasteiger partial charge is 0.504 e. The molecule has 0 radical (unpaired) electrons. The molecule has 180 valence electrons. The van der Waals surface area contributed by atoms with Crippen LogP contribution >= 0.6 is 0 Å². The molecule has 3 saturated carbocycles. The molecular weight excluding hydrogens is 418 g/mol. The van der Waals surface area contributed by atoms with Crippen LogP contribution in [0.25, 0.3) is 0 Å². The first kappa shape index (κ1) is 21.7. The third kappa shape index (κ3) is 2.13. The van der Waals surface area contributed by atoms with Crippen LogP contribution in [0.4, 0.5) is 0 Å². The van der Waals surface area contributed by atoms with E-state index in [1.54, 1.807) is 20.1 Å². The van der Waals surface area contributed by atoms with Crippen molar-refractivity contribution in [1.29, 1.82) is 0 Å². The number of piperidine rings is 1. The lowest BCUT2D eigenvalue weighted by molar-refractivity contribution is -0.310. The number of ether oxygens (including phenoxy) is 2. The number of benzene rings is 1. The van der Waals surface area contributed by atoms with E-state index >= 15 is 0 Å². The Balaban J connectivity index is 1.66. The van der Waals surface area contributed by atoms with Crippen LogP contribution in [-0.2, 0) is 21.4 Å². The van der Waals surface area contributed by atoms with Crippen LogP contribution in [0.1, 0.15) is 71.4 Å². The smallest absolute Gasteiger partial charge is 0.219 e. The van der Waals surface area contributed by atoms with Gasteiger partial charge in [0, 0.05) is 48.9 Å². The molecule has 4 fully saturated rings. The van der Waals surface area contributed by atoms with Gasteiger partial charge in [-0.25, -0.2) is 0 Å². The van der Waals surface area contributed by atoms with Gasteiger partial charge in [-0.05, 0) is 56.1 Å². The summed E-state index contributed by atoms with van der Waals surface area (Å²) < 4.78 is 13.2. The van der Waals surface area contributed by atoms with E-state index in [1.807, 2.05) is 13.0 Å². The highest BCUT2D eigenvalue weighted by atomic mass is 16.6. The third-order valence-electron chi connectivity index (χ3n) is 11.0. The van der Waals surface area contributed by atoms with E-state index in [4.69, 9.17) is 9.47 Å². The number of hydrogen-bond donors (Lipinski definition) is 2. The molecule has 6 heteroatoms. The second kappa shape index (κ2) is 6.06. The molecule has 6 aliphatic rings. The summed E-state index contributed by atoms with van der Waals surface area (Å²) in [6.45, 7) is 10.6. The number of likely N-dealkylation sites (tertiary alicyclic amines) is 1. The molecule has 1 amide bonds. The molecule has 0 unspecified atom stereocenters. The molecule has 1 aromatic carbocycles. The van der Waals surface area contributed by atoms with E-state index < -0.39 is 11.2 Å². The van der Waals surface area contributed by atoms with Crippen molar-refractivity contribution in [2.24, 2.45) is 16.7 Å². The minimum atomic E-state index is -1.01. The first-order valence-electron chi connectivity index (χ1n) is 12.4. The van der Waals surface area contributed by atoms with E-state index in [9.17, 15) is 15.0 Å². The molecule has 2 heterocycles. The number of aromatic hydroxyl groups is 1. The molecule has 1 saturated heterocycles. The average Bonchev–Trinajstić information content (AvgIpc) is 3.11. The van der Waals surface area contributed by atoms with Crippen molar-refractivity contribution < 1.29 is 24.5 Å². The monoisotopic (exact) mass is 455 g/mol. The van der Waals surface area contributed by atoms with E-state index in [0.29, 0.717) is 12.3 Å². The number of fused-ring (bicyclic) bond motifs is 2. The Kier molecular flexibility index (Phi) is 3.99. The van der Waals surface area contributed by atoms with Crippen molar-refractivity contribution in [3.63, 3.8) is 0 Å². The molecule has 33 heavy (non-hydrogen) atoms. The van der Waals surface area contributed by atoms with Crippen molar-refractivity contribution in [2.45, 2.75) is 95.5 Å². The maximum absolute atomic E-state index is 12.8. The Labute approximate surface area is 196 Å². The van der Waals surface area contributed by atoms with Gasteiger partial charge in [0.1, 0.15) is 11.7 Å². The van der Waals surface area contributed by atoms with Crippen molar-refractivity contribution in [1.82, 2.24) is 4.90 Å². The second-order valence-electron chi connectivity index (χ2n) is 12.6. The number of carbonyl (C=O) groups excluding carboxylic acids is 1. The maximum atomic E-state index is 12.8. The summed E-state index contributed by atoms with van der Waals surface area (Å²) in [7, 11) is 1.76. The van der Waals surface area contributed by atoms with Gasteiger partial charge < -0.3 is 24.6 Å². The van der Waals surface area contributed by atoms with Crippen molar-refractivity contribution in [3.05, 3.63) is 23.3 Å². The topological polar surface area (TPSA) is 79.2 Å². The number of phenolic OH excluding ortho intramolecular Hbond substituents is 1. The van der Waals surface area contributed by atoms with Gasteiger partial charge in [-0.1, -0.05) is 26.8 Å². The Hall–Kier alpha value is -1.79. The van der Waals surface area contributed by atoms with E-state index in [2.05, 4.69) is 25.7 Å². The van der Waals surface area contributed by atoms with Crippen LogP contribution in [0.3, 0.4) is 0 Å². The van der Waals surface area contributed by atoms with Gasteiger partial charge in [-0.2, -0.15) is 0 Å². The van der Waals surface area contributed by atoms with Crippen LogP contribution in [0.15, 0.2) is 12.1 Å². The summed E-state index contributed by atoms with van der Waals surface area (Å²) in [5.74, 6) is 0.755. The molecule has 1 aromatic rings. The summed E-state index contributed by atoms with van der Waals surface area (Å²) >= 11 is 0. The summed E-state index contributed by atoms with van der Waals surface area (Å²) in [6, 6.07) is 3.82. The number of amides is 1. The number of methoxy groups -OCH3 is 1. The fraction of sp³-hybridized carbons (Fsp3) is 0.741. The summed E-state index contributed by atoms with van der Waals surface area (Å²) in [5, 5.41) is 23.0. The van der Waals surface area contributed by atoms with Gasteiger partial charge in [0.2, 0.25) is 5.91 Å². The molecule has 2 N–H and O–H groups in total. The Morgan fingerprint density at radius 1 is 1.21 bits per heavy atom. The molecule has 0 aromatic heterocycles. The summed E-state index contributed by atoms with van der Waals surface area (Å²) in [5.41, 5.74) is -0.229. The van der Waals surface area contributed by atoms with Crippen molar-refractivity contribution in [3.8, 4) is 11.5 Å². The number of aliphatic hydroxyl groups is 1. The van der Waals surface area contributed by atoms with E-state index in [-0.39, 0.29) is 46.0 Å². The standard InChI is InChI=1S/C27H37NO5/c1-15(29)28-12-11-26-20-16-7-8-17(30)21(20)33-22(26)27(32-6)10-9-25(26,19(28)13-16)14-18(27)24(5,31)23(2,3)4/h7-8,18-19,22,30-31H,9-14H2,1-6H3/t18-,19-,22-,24+,25-,26+,27-/m1/s1. The van der Waals surface area contributed by atoms with E-state index in [1.165, 1.54) is 5.56 Å². The number of phenols is 1. The normalized spacial score (nSPS) is 41.9. The molecule has 2 aliphatic heterocycles. The molecule has 4 bridgehead atoms. The summed E-state index contributed by atoms with van der Waals surface area (Å²) in [6.07, 6.45) is 3.76. The minimum absolute atomic E-state index is 0.0614. The Morgan fingerprint density at radius 2 is 1.94 bits per heavy atom. The second-order valence-corrected chi connectivity index (χ2v) is 12.6. The SMILES string of the molecule is CO[C@]12CC[C@@]3(C[C@@H]1[C@](C)(O)C(C)(C)C)[C@H]1Cc4ccc(O)c5c4[C@@]3(CCN1C(C)=O)[C@H]2O5. The molecule has 6 nitrogen and oxygen atoms in total. The highest BCUT2D eigenvalue weighted by Crippen LogP contribution is 2.77. The minimum Gasteiger partial charge on any atom is -0.504 e. The van der Waals surface area contributed by atoms with Crippen molar-refractivity contribution in [2.75, 3.05) is 13.7 Å². The maximum Gasteiger partial charge on any atom is 0.219 e. The van der Waals surface area contributed by atoms with Gasteiger partial charge in [0.05, 0.1) is 5.60 Å². The lowest BCUT2D eigenvalue weighted by atomic mass is 9.33. The van der Waals surface area contributed by atoms with Crippen LogP contribution in [0, 0.1) is 16.7 Å². The fourth-order valence-electron chi connectivity index (χ4n) is 9.01. The molecule has 7 atom stereocenters. The highest BCUT2D eigenvalue weighted by Gasteiger charge is 2.82. The lowest BCUT2D eigenvalue weighted by Crippen LogP contribution is -2.83. The Morgan fingerprint density at radius 3 is 2.58 bits per heavy atom. The van der Waals surface area contributed by atoms with Crippen LogP contribution in [-0.4, -0.2) is 58.0 Å². The first-order chi connectivity index (χ1) is 15.4. The van der Waals surface area contributed by atoms with Gasteiger partial charge in [-0.15, -0.1) is 0 Å². The predicted octanol–water partition coefficient (Wildman–Crippen LogP) is 3.55. The number of carbonyl (C=O) groups is 1. The van der Waals surface area contributed by atoms with Crippen LogP contribution in [0.5, 0.6) is 11.5 Å². The van der Waals surface area contributed by atoms with E-state index in [0.717, 1.165) is 37.7 Å². The molecule has 7 rings (SSSR count). The molecule has 2 spiro atoms. The van der Waals surface area contributed by atoms with Gasteiger partial charge >= 0.3 is 0 Å². The summed E-state index contributed by atoms with van der Waals surface area (Å²) in [4.78, 5) is 14.9. The zero-order valence-corrected chi connectivity index (χ0v) is 20.7. The van der Waals surface area contributed by atoms with Crippen molar-refractivity contribution >= 4 is 5.91 Å². The van der Waals surface area contributed by atoms with Gasteiger partial charge in [0.15, 0.2) is 11.5 Å². The average molecular weight is 456 g/mol. The van der Waals surface area contributed by atoms with Gasteiger partial charge in [0.25, 0.3) is 0 Å². The quantitative estimate of drug-likeness (QED) is 0.713. The predicted molar refractivity (Wildman–Crippen MR) is 123 cm³/mol. The third-order valence-corrected chi connectivity index (χ3v) is 11.0. The number of nitrogens with zero attached hydrogens (tertiary/aromatic N) is 1. The van der Waals surface area contributed by atoms with Crippen LogP contribution < -0.4 is 4.74 Å². The number of hydrogen-bond acceptors (Lipinski definition) is 5. The zero-order valence-electron chi connectivity index (χ0n) is 20.7.